The van der Waals surface area contributed by atoms with Gasteiger partial charge in [0, 0.05) is 34.0 Å². The minimum absolute atomic E-state index is 0.0533. The molecule has 1 atom stereocenters. The summed E-state index contributed by atoms with van der Waals surface area (Å²) in [5, 5.41) is 3.44. The van der Waals surface area contributed by atoms with Crippen LogP contribution in [0.15, 0.2) is 59.1 Å². The summed E-state index contributed by atoms with van der Waals surface area (Å²) in [5.74, 6) is -1.37. The summed E-state index contributed by atoms with van der Waals surface area (Å²) in [6, 6.07) is 10.9. The van der Waals surface area contributed by atoms with Gasteiger partial charge in [0.25, 0.3) is 0 Å². The lowest BCUT2D eigenvalue weighted by atomic mass is 9.60. The minimum atomic E-state index is -1.72. The molecule has 0 radical (unpaired) electrons. The first kappa shape index (κ1) is 25.1. The summed E-state index contributed by atoms with van der Waals surface area (Å²) in [4.78, 5) is 43.6. The molecule has 3 aliphatic rings. The number of hydrogen-bond donors (Lipinski definition) is 2. The highest BCUT2D eigenvalue weighted by Gasteiger charge is 2.63. The number of benzene rings is 2. The number of anilines is 2. The number of hydrogen-bond acceptors (Lipinski definition) is 6. The quantitative estimate of drug-likeness (QED) is 0.551. The maximum Gasteiger partial charge on any atom is 0.339 e. The van der Waals surface area contributed by atoms with Crippen LogP contribution in [0, 0.1) is 19.3 Å². The number of aryl methyl sites for hydroxylation is 1. The fraction of sp³-hybridized carbons (Fsp3) is 0.345. The first-order valence-electron chi connectivity index (χ1n) is 12.4. The number of Topliss-reactive ketones (excluding diaryl/α,β-unsaturated/α-hetero) is 1. The van der Waals surface area contributed by atoms with E-state index in [4.69, 9.17) is 22.1 Å². The SMILES string of the molecule is CCOC(=O)C1=C(N)N(c2cccc(Cl)c2C)C2=C(C(=O)CC(C)(C)C2)C12C(=O)Nc1ccc(C)cc12. The standard InChI is InChI=1S/C29H30ClN3O4/c1-6-37-26(35)24-25(31)33(20-9-7-8-18(30)16(20)3)21-13-28(4,5)14-22(34)23(21)29(24)17-12-15(2)10-11-19(17)32-27(29)36/h7-12H,6,13-14,31H2,1-5H3,(H,32,36). The summed E-state index contributed by atoms with van der Waals surface area (Å²) in [7, 11) is 0. The molecule has 0 bridgehead atoms. The van der Waals surface area contributed by atoms with Crippen molar-refractivity contribution in [2.24, 2.45) is 11.1 Å². The van der Waals surface area contributed by atoms with Gasteiger partial charge in [-0.05, 0) is 56.4 Å². The molecule has 2 aromatic carbocycles. The molecule has 3 N–H and O–H groups in total. The van der Waals surface area contributed by atoms with Crippen LogP contribution >= 0.6 is 11.6 Å². The number of ether oxygens (including phenoxy) is 1. The lowest BCUT2D eigenvalue weighted by molar-refractivity contribution is -0.140. The van der Waals surface area contributed by atoms with Gasteiger partial charge in [-0.2, -0.15) is 0 Å². The van der Waals surface area contributed by atoms with Gasteiger partial charge in [0.2, 0.25) is 5.91 Å². The third kappa shape index (κ3) is 3.51. The van der Waals surface area contributed by atoms with E-state index in [-0.39, 0.29) is 35.8 Å². The van der Waals surface area contributed by atoms with Crippen molar-refractivity contribution in [3.63, 3.8) is 0 Å². The highest BCUT2D eigenvalue weighted by atomic mass is 35.5. The maximum absolute atomic E-state index is 14.1. The zero-order valence-electron chi connectivity index (χ0n) is 21.6. The number of rotatable bonds is 3. The van der Waals surface area contributed by atoms with Crippen molar-refractivity contribution >= 4 is 40.6 Å². The highest BCUT2D eigenvalue weighted by molar-refractivity contribution is 6.31. The Morgan fingerprint density at radius 1 is 1.16 bits per heavy atom. The Labute approximate surface area is 221 Å². The summed E-state index contributed by atoms with van der Waals surface area (Å²) in [6.45, 7) is 9.55. The molecule has 0 aromatic heterocycles. The van der Waals surface area contributed by atoms with Crippen LogP contribution in [0.3, 0.4) is 0 Å². The van der Waals surface area contributed by atoms with Gasteiger partial charge in [0.1, 0.15) is 16.8 Å². The van der Waals surface area contributed by atoms with Crippen LogP contribution in [0.5, 0.6) is 0 Å². The second-order valence-corrected chi connectivity index (χ2v) is 11.1. The smallest absolute Gasteiger partial charge is 0.339 e. The first-order chi connectivity index (χ1) is 17.4. The molecular formula is C29H30ClN3O4. The highest BCUT2D eigenvalue weighted by Crippen LogP contribution is 2.57. The minimum Gasteiger partial charge on any atom is -0.462 e. The van der Waals surface area contributed by atoms with E-state index in [9.17, 15) is 14.4 Å². The zero-order chi connectivity index (χ0) is 26.9. The van der Waals surface area contributed by atoms with Crippen LogP contribution < -0.4 is 16.0 Å². The molecule has 8 heteroatoms. The van der Waals surface area contributed by atoms with Crippen LogP contribution in [-0.4, -0.2) is 24.3 Å². The second kappa shape index (κ2) is 8.48. The number of nitrogens with two attached hydrogens (primary N) is 1. The van der Waals surface area contributed by atoms with Gasteiger partial charge in [-0.25, -0.2) is 4.79 Å². The van der Waals surface area contributed by atoms with Crippen molar-refractivity contribution in [3.8, 4) is 0 Å². The average molecular weight is 520 g/mol. The van der Waals surface area contributed by atoms with Crippen LogP contribution in [0.2, 0.25) is 5.02 Å². The molecular weight excluding hydrogens is 490 g/mol. The van der Waals surface area contributed by atoms with Gasteiger partial charge >= 0.3 is 5.97 Å². The number of amides is 1. The Morgan fingerprint density at radius 2 is 1.89 bits per heavy atom. The predicted molar refractivity (Wildman–Crippen MR) is 143 cm³/mol. The molecule has 0 fully saturated rings. The number of allylic oxidation sites excluding steroid dienone is 1. The van der Waals surface area contributed by atoms with E-state index in [0.29, 0.717) is 34.1 Å². The lowest BCUT2D eigenvalue weighted by Crippen LogP contribution is -2.54. The van der Waals surface area contributed by atoms with Crippen molar-refractivity contribution in [2.45, 2.75) is 52.9 Å². The largest absolute Gasteiger partial charge is 0.462 e. The molecule has 1 unspecified atom stereocenters. The monoisotopic (exact) mass is 519 g/mol. The normalized spacial score (nSPS) is 22.3. The third-order valence-corrected chi connectivity index (χ3v) is 7.91. The number of carbonyl (C=O) groups is 3. The van der Waals surface area contributed by atoms with Crippen molar-refractivity contribution in [3.05, 3.63) is 80.8 Å². The van der Waals surface area contributed by atoms with Crippen LogP contribution in [-0.2, 0) is 24.5 Å². The Kier molecular flexibility index (Phi) is 5.75. The van der Waals surface area contributed by atoms with Crippen LogP contribution in [0.4, 0.5) is 11.4 Å². The number of fused-ring (bicyclic) bond motifs is 3. The molecule has 2 aromatic rings. The topological polar surface area (TPSA) is 102 Å². The lowest BCUT2D eigenvalue weighted by Gasteiger charge is -2.47. The second-order valence-electron chi connectivity index (χ2n) is 10.7. The molecule has 5 rings (SSSR count). The molecule has 0 saturated heterocycles. The maximum atomic E-state index is 14.1. The van der Waals surface area contributed by atoms with Crippen LogP contribution in [0.25, 0.3) is 0 Å². The van der Waals surface area contributed by atoms with Gasteiger partial charge in [0.15, 0.2) is 5.78 Å². The van der Waals surface area contributed by atoms with Gasteiger partial charge in [-0.15, -0.1) is 0 Å². The third-order valence-electron chi connectivity index (χ3n) is 7.50. The number of halogens is 1. The zero-order valence-corrected chi connectivity index (χ0v) is 22.4. The van der Waals surface area contributed by atoms with E-state index in [1.54, 1.807) is 30.0 Å². The fourth-order valence-corrected chi connectivity index (χ4v) is 6.13. The Morgan fingerprint density at radius 3 is 2.59 bits per heavy atom. The molecule has 1 spiro atoms. The van der Waals surface area contributed by atoms with Gasteiger partial charge in [0.05, 0.1) is 12.3 Å². The van der Waals surface area contributed by atoms with Crippen molar-refractivity contribution in [1.82, 2.24) is 0 Å². The molecule has 7 nitrogen and oxygen atoms in total. The molecule has 2 aliphatic heterocycles. The van der Waals surface area contributed by atoms with Crippen molar-refractivity contribution in [1.29, 1.82) is 0 Å². The Balaban J connectivity index is 1.95. The Bertz CT molecular complexity index is 1460. The van der Waals surface area contributed by atoms with Crippen LogP contribution in [0.1, 0.15) is 50.3 Å². The van der Waals surface area contributed by atoms with E-state index in [1.165, 1.54) is 0 Å². The number of nitrogens with one attached hydrogen (secondary N) is 1. The number of ketones is 1. The number of esters is 1. The summed E-state index contributed by atoms with van der Waals surface area (Å²) in [6.07, 6.45) is 0.688. The molecule has 0 saturated carbocycles. The summed E-state index contributed by atoms with van der Waals surface area (Å²) in [5.41, 5.74) is 8.94. The van der Waals surface area contributed by atoms with E-state index in [2.05, 4.69) is 5.32 Å². The fourth-order valence-electron chi connectivity index (χ4n) is 5.97. The molecule has 192 valence electrons. The summed E-state index contributed by atoms with van der Waals surface area (Å²) < 4.78 is 5.48. The molecule has 2 heterocycles. The summed E-state index contributed by atoms with van der Waals surface area (Å²) >= 11 is 6.50. The van der Waals surface area contributed by atoms with Crippen molar-refractivity contribution < 1.29 is 19.1 Å². The Hall–Kier alpha value is -3.58. The van der Waals surface area contributed by atoms with E-state index >= 15 is 0 Å². The van der Waals surface area contributed by atoms with Gasteiger partial charge < -0.3 is 15.8 Å². The van der Waals surface area contributed by atoms with E-state index in [1.807, 2.05) is 45.9 Å². The van der Waals surface area contributed by atoms with Crippen molar-refractivity contribution in [2.75, 3.05) is 16.8 Å². The van der Waals surface area contributed by atoms with E-state index < -0.39 is 22.7 Å². The van der Waals surface area contributed by atoms with E-state index in [0.717, 1.165) is 11.1 Å². The molecule has 37 heavy (non-hydrogen) atoms. The number of carbonyl (C=O) groups excluding carboxylic acids is 3. The van der Waals surface area contributed by atoms with Gasteiger partial charge in [-0.3, -0.25) is 14.5 Å². The predicted octanol–water partition coefficient (Wildman–Crippen LogP) is 5.04. The average Bonchev–Trinajstić information content (AvgIpc) is 3.07. The first-order valence-corrected chi connectivity index (χ1v) is 12.7. The number of nitrogens with zero attached hydrogens (tertiary/aromatic N) is 1. The molecule has 1 aliphatic carbocycles. The molecule has 1 amide bonds. The van der Waals surface area contributed by atoms with Gasteiger partial charge in [-0.1, -0.05) is 49.2 Å².